The minimum Gasteiger partial charge on any atom is -0.361 e. The predicted octanol–water partition coefficient (Wildman–Crippen LogP) is 2.71. The first-order valence-corrected chi connectivity index (χ1v) is 6.54. The second kappa shape index (κ2) is 5.46. The molecule has 7 heteroatoms. The first-order chi connectivity index (χ1) is 9.26. The van der Waals surface area contributed by atoms with Gasteiger partial charge >= 0.3 is 6.18 Å². The minimum absolute atomic E-state index is 0.162. The maximum atomic E-state index is 12.6. The normalized spacial score (nSPS) is 17.1. The van der Waals surface area contributed by atoms with Gasteiger partial charge in [0, 0.05) is 12.1 Å². The zero-order valence-electron chi connectivity index (χ0n) is 11.4. The van der Waals surface area contributed by atoms with Crippen molar-refractivity contribution < 1.29 is 22.5 Å². The molecule has 0 N–H and O–H groups in total. The molecule has 4 nitrogen and oxygen atoms in total. The Labute approximate surface area is 114 Å². The van der Waals surface area contributed by atoms with Gasteiger partial charge in [-0.05, 0) is 32.6 Å². The van der Waals surface area contributed by atoms with Crippen LogP contribution in [0.4, 0.5) is 13.2 Å². The van der Waals surface area contributed by atoms with Crippen molar-refractivity contribution in [2.24, 2.45) is 5.92 Å². The summed E-state index contributed by atoms with van der Waals surface area (Å²) in [4.78, 5) is 13.0. The molecule has 2 rings (SSSR count). The molecule has 1 aliphatic rings. The van der Waals surface area contributed by atoms with Crippen LogP contribution in [0.5, 0.6) is 0 Å². The second-order valence-corrected chi connectivity index (χ2v) is 5.32. The Balaban J connectivity index is 2.06. The predicted molar refractivity (Wildman–Crippen MR) is 64.9 cm³/mol. The molecule has 0 unspecified atom stereocenters. The van der Waals surface area contributed by atoms with Gasteiger partial charge in [0.25, 0.3) is 0 Å². The van der Waals surface area contributed by atoms with E-state index in [2.05, 4.69) is 5.16 Å². The number of aromatic nitrogens is 1. The van der Waals surface area contributed by atoms with Gasteiger partial charge in [0.2, 0.25) is 5.91 Å². The zero-order valence-corrected chi connectivity index (χ0v) is 11.4. The number of carbonyl (C=O) groups excluding carboxylic acids is 1. The third kappa shape index (κ3) is 3.98. The fourth-order valence-electron chi connectivity index (χ4n) is 2.24. The molecule has 0 aliphatic heterocycles. The van der Waals surface area contributed by atoms with E-state index in [1.165, 1.54) is 0 Å². The molecule has 0 bridgehead atoms. The van der Waals surface area contributed by atoms with Crippen LogP contribution in [0.3, 0.4) is 0 Å². The average molecular weight is 290 g/mol. The molecule has 1 fully saturated rings. The molecular weight excluding hydrogens is 273 g/mol. The summed E-state index contributed by atoms with van der Waals surface area (Å²) < 4.78 is 42.7. The minimum atomic E-state index is -4.39. The monoisotopic (exact) mass is 290 g/mol. The molecule has 0 saturated heterocycles. The Hall–Kier alpha value is -1.53. The van der Waals surface area contributed by atoms with Gasteiger partial charge in [-0.1, -0.05) is 5.16 Å². The lowest BCUT2D eigenvalue weighted by atomic mass is 10.1. The van der Waals surface area contributed by atoms with Crippen LogP contribution in [0.15, 0.2) is 10.6 Å². The number of alkyl halides is 3. The molecule has 1 aromatic heterocycles. The number of halogens is 3. The molecule has 0 radical (unpaired) electrons. The van der Waals surface area contributed by atoms with Crippen molar-refractivity contribution in [2.45, 2.75) is 45.3 Å². The topological polar surface area (TPSA) is 46.3 Å². The van der Waals surface area contributed by atoms with Gasteiger partial charge in [-0.15, -0.1) is 0 Å². The Morgan fingerprint density at radius 1 is 1.55 bits per heavy atom. The molecule has 1 atom stereocenters. The summed E-state index contributed by atoms with van der Waals surface area (Å²) in [5.41, 5.74) is 0.364. The third-order valence-electron chi connectivity index (χ3n) is 3.47. The highest BCUT2D eigenvalue weighted by Gasteiger charge is 2.40. The highest BCUT2D eigenvalue weighted by Crippen LogP contribution is 2.36. The van der Waals surface area contributed by atoms with Crippen molar-refractivity contribution in [3.63, 3.8) is 0 Å². The van der Waals surface area contributed by atoms with Crippen molar-refractivity contribution in [2.75, 3.05) is 6.54 Å². The standard InChI is InChI=1S/C13H17F3N2O2/c1-8-5-11(17-20-8)6-12(19)18(7-13(14,15)16)9(2)10-3-4-10/h5,9-10H,3-4,6-7H2,1-2H3/t9-/m1/s1. The maximum absolute atomic E-state index is 12.6. The highest BCUT2D eigenvalue weighted by molar-refractivity contribution is 5.78. The number of rotatable bonds is 5. The van der Waals surface area contributed by atoms with Crippen molar-refractivity contribution in [3.8, 4) is 0 Å². The number of carbonyl (C=O) groups is 1. The van der Waals surface area contributed by atoms with Gasteiger partial charge in [-0.2, -0.15) is 13.2 Å². The quantitative estimate of drug-likeness (QED) is 0.837. The van der Waals surface area contributed by atoms with E-state index in [9.17, 15) is 18.0 Å². The van der Waals surface area contributed by atoms with E-state index >= 15 is 0 Å². The van der Waals surface area contributed by atoms with E-state index in [1.807, 2.05) is 0 Å². The van der Waals surface area contributed by atoms with E-state index in [0.29, 0.717) is 11.5 Å². The SMILES string of the molecule is Cc1cc(CC(=O)N(CC(F)(F)F)[C@H](C)C2CC2)no1. The number of hydrogen-bond donors (Lipinski definition) is 0. The van der Waals surface area contributed by atoms with Gasteiger partial charge in [0.05, 0.1) is 12.1 Å². The molecule has 1 heterocycles. The summed E-state index contributed by atoms with van der Waals surface area (Å²) in [5.74, 6) is 0.154. The van der Waals surface area contributed by atoms with Crippen LogP contribution in [0.2, 0.25) is 0 Å². The Kier molecular flexibility index (Phi) is 4.06. The van der Waals surface area contributed by atoms with Gasteiger partial charge in [0.15, 0.2) is 0 Å². The molecular formula is C13H17F3N2O2. The van der Waals surface area contributed by atoms with E-state index in [4.69, 9.17) is 4.52 Å². The molecule has 20 heavy (non-hydrogen) atoms. The number of amides is 1. The molecule has 0 aromatic carbocycles. The molecule has 112 valence electrons. The molecule has 1 aliphatic carbocycles. The Morgan fingerprint density at radius 2 is 2.20 bits per heavy atom. The van der Waals surface area contributed by atoms with Gasteiger partial charge in [0.1, 0.15) is 12.3 Å². The van der Waals surface area contributed by atoms with E-state index in [1.54, 1.807) is 19.9 Å². The van der Waals surface area contributed by atoms with Crippen LogP contribution in [0, 0.1) is 12.8 Å². The lowest BCUT2D eigenvalue weighted by molar-refractivity contribution is -0.165. The number of hydrogen-bond acceptors (Lipinski definition) is 3. The van der Waals surface area contributed by atoms with Crippen molar-refractivity contribution >= 4 is 5.91 Å². The molecule has 0 spiro atoms. The van der Waals surface area contributed by atoms with Crippen LogP contribution in [0.1, 0.15) is 31.2 Å². The van der Waals surface area contributed by atoms with Gasteiger partial charge in [-0.3, -0.25) is 4.79 Å². The lowest BCUT2D eigenvalue weighted by Crippen LogP contribution is -2.46. The molecule has 1 amide bonds. The van der Waals surface area contributed by atoms with Crippen molar-refractivity contribution in [1.29, 1.82) is 0 Å². The lowest BCUT2D eigenvalue weighted by Gasteiger charge is -2.30. The highest BCUT2D eigenvalue weighted by atomic mass is 19.4. The second-order valence-electron chi connectivity index (χ2n) is 5.32. The first-order valence-electron chi connectivity index (χ1n) is 6.54. The fourth-order valence-corrected chi connectivity index (χ4v) is 2.24. The third-order valence-corrected chi connectivity index (χ3v) is 3.47. The van der Waals surface area contributed by atoms with E-state index in [-0.39, 0.29) is 12.3 Å². The van der Waals surface area contributed by atoms with E-state index in [0.717, 1.165) is 17.7 Å². The number of aryl methyl sites for hydroxylation is 1. The molecule has 1 aromatic rings. The summed E-state index contributed by atoms with van der Waals surface area (Å²) in [6.45, 7) is 2.14. The largest absolute Gasteiger partial charge is 0.406 e. The van der Waals surface area contributed by atoms with Crippen LogP contribution in [0.25, 0.3) is 0 Å². The zero-order chi connectivity index (χ0) is 14.9. The van der Waals surface area contributed by atoms with Gasteiger partial charge in [-0.25, -0.2) is 0 Å². The van der Waals surface area contributed by atoms with Crippen LogP contribution in [-0.2, 0) is 11.2 Å². The maximum Gasteiger partial charge on any atom is 0.406 e. The Morgan fingerprint density at radius 3 is 2.65 bits per heavy atom. The number of nitrogens with zero attached hydrogens (tertiary/aromatic N) is 2. The van der Waals surface area contributed by atoms with Crippen LogP contribution in [-0.4, -0.2) is 34.7 Å². The summed E-state index contributed by atoms with van der Waals surface area (Å²) in [6, 6.07) is 1.17. The van der Waals surface area contributed by atoms with Gasteiger partial charge < -0.3 is 9.42 Å². The van der Waals surface area contributed by atoms with Crippen LogP contribution >= 0.6 is 0 Å². The summed E-state index contributed by atoms with van der Waals surface area (Å²) in [5, 5.41) is 3.65. The first kappa shape index (κ1) is 14.9. The average Bonchev–Trinajstić information content (AvgIpc) is 3.09. The van der Waals surface area contributed by atoms with Crippen LogP contribution < -0.4 is 0 Å². The fraction of sp³-hybridized carbons (Fsp3) is 0.692. The smallest absolute Gasteiger partial charge is 0.361 e. The van der Waals surface area contributed by atoms with Crippen molar-refractivity contribution in [3.05, 3.63) is 17.5 Å². The van der Waals surface area contributed by atoms with E-state index < -0.39 is 24.7 Å². The Bertz CT molecular complexity index is 480. The summed E-state index contributed by atoms with van der Waals surface area (Å²) in [6.07, 6.45) is -2.79. The molecule has 1 saturated carbocycles. The van der Waals surface area contributed by atoms with Crippen molar-refractivity contribution in [1.82, 2.24) is 10.1 Å². The summed E-state index contributed by atoms with van der Waals surface area (Å²) >= 11 is 0. The summed E-state index contributed by atoms with van der Waals surface area (Å²) in [7, 11) is 0.